The lowest BCUT2D eigenvalue weighted by Crippen LogP contribution is -2.14. The van der Waals surface area contributed by atoms with Gasteiger partial charge in [-0.3, -0.25) is 0 Å². The van der Waals surface area contributed by atoms with Crippen LogP contribution in [-0.2, 0) is 6.54 Å². The fraction of sp³-hybridized carbons (Fsp3) is 0.267. The summed E-state index contributed by atoms with van der Waals surface area (Å²) in [5.74, 6) is 1.01. The van der Waals surface area contributed by atoms with E-state index in [-0.39, 0.29) is 0 Å². The normalized spacial score (nSPS) is 10.7. The fourth-order valence-corrected chi connectivity index (χ4v) is 2.38. The molecule has 2 aromatic rings. The Balaban J connectivity index is 2.16. The van der Waals surface area contributed by atoms with Gasteiger partial charge in [-0.25, -0.2) is 4.98 Å². The van der Waals surface area contributed by atoms with E-state index in [0.717, 1.165) is 23.0 Å². The van der Waals surface area contributed by atoms with Gasteiger partial charge in [-0.05, 0) is 36.7 Å². The number of nitrogens with zero attached hydrogens (tertiary/aromatic N) is 1. The van der Waals surface area contributed by atoms with Crippen molar-refractivity contribution in [2.75, 3.05) is 6.54 Å². The van der Waals surface area contributed by atoms with Crippen LogP contribution in [0, 0.1) is 0 Å². The molecule has 6 heteroatoms. The van der Waals surface area contributed by atoms with Crippen molar-refractivity contribution < 1.29 is 4.74 Å². The van der Waals surface area contributed by atoms with Crippen LogP contribution in [0.5, 0.6) is 11.6 Å². The van der Waals surface area contributed by atoms with Gasteiger partial charge in [0.05, 0.1) is 10.0 Å². The highest BCUT2D eigenvalue weighted by Crippen LogP contribution is 2.32. The summed E-state index contributed by atoms with van der Waals surface area (Å²) in [6.07, 6.45) is 2.66. The van der Waals surface area contributed by atoms with Gasteiger partial charge in [0, 0.05) is 23.3 Å². The Morgan fingerprint density at radius 1 is 1.24 bits per heavy atom. The monoisotopic (exact) mass is 388 g/mol. The average Bonchev–Trinajstić information content (AvgIpc) is 2.46. The van der Waals surface area contributed by atoms with Gasteiger partial charge in [0.1, 0.15) is 5.75 Å². The number of aromatic nitrogens is 1. The van der Waals surface area contributed by atoms with Gasteiger partial charge >= 0.3 is 0 Å². The second-order valence-corrected chi connectivity index (χ2v) is 6.20. The van der Waals surface area contributed by atoms with Gasteiger partial charge in [-0.15, -0.1) is 0 Å². The van der Waals surface area contributed by atoms with E-state index in [1.165, 1.54) is 0 Å². The molecular weight excluding hydrogens is 375 g/mol. The van der Waals surface area contributed by atoms with E-state index >= 15 is 0 Å². The van der Waals surface area contributed by atoms with E-state index in [1.807, 2.05) is 12.1 Å². The minimum Gasteiger partial charge on any atom is -0.437 e. The molecule has 0 aliphatic carbocycles. The molecule has 2 rings (SSSR count). The summed E-state index contributed by atoms with van der Waals surface area (Å²) < 4.78 is 6.62. The number of halogens is 3. The molecule has 0 bridgehead atoms. The van der Waals surface area contributed by atoms with E-state index < -0.39 is 0 Å². The molecule has 0 atom stereocenters. The molecule has 0 fully saturated rings. The maximum Gasteiger partial charge on any atom is 0.219 e. The zero-order valence-corrected chi connectivity index (χ0v) is 14.6. The highest BCUT2D eigenvalue weighted by atomic mass is 79.9. The molecule has 1 aromatic heterocycles. The molecule has 21 heavy (non-hydrogen) atoms. The van der Waals surface area contributed by atoms with Gasteiger partial charge < -0.3 is 10.1 Å². The predicted molar refractivity (Wildman–Crippen MR) is 90.5 cm³/mol. The first-order valence-corrected chi connectivity index (χ1v) is 8.13. The summed E-state index contributed by atoms with van der Waals surface area (Å²) in [5, 5.41) is 4.45. The second-order valence-electron chi connectivity index (χ2n) is 4.47. The van der Waals surface area contributed by atoms with Crippen molar-refractivity contribution in [2.45, 2.75) is 19.9 Å². The van der Waals surface area contributed by atoms with Crippen molar-refractivity contribution >= 4 is 39.1 Å². The Hall–Kier alpha value is -0.810. The molecule has 0 unspecified atom stereocenters. The lowest BCUT2D eigenvalue weighted by molar-refractivity contribution is 0.461. The number of hydrogen-bond acceptors (Lipinski definition) is 3. The van der Waals surface area contributed by atoms with Crippen LogP contribution < -0.4 is 10.1 Å². The number of nitrogens with one attached hydrogen (secondary N) is 1. The van der Waals surface area contributed by atoms with Crippen LogP contribution in [0.4, 0.5) is 0 Å². The third-order valence-corrected chi connectivity index (χ3v) is 3.91. The second kappa shape index (κ2) is 7.99. The summed E-state index contributed by atoms with van der Waals surface area (Å²) in [4.78, 5) is 4.18. The van der Waals surface area contributed by atoms with Crippen LogP contribution in [0.15, 0.2) is 34.9 Å². The third kappa shape index (κ3) is 4.85. The van der Waals surface area contributed by atoms with Crippen LogP contribution in [0.1, 0.15) is 18.9 Å². The van der Waals surface area contributed by atoms with Crippen molar-refractivity contribution in [3.8, 4) is 11.6 Å². The number of benzene rings is 1. The summed E-state index contributed by atoms with van der Waals surface area (Å²) in [5.41, 5.74) is 0.946. The molecule has 0 amide bonds. The third-order valence-electron chi connectivity index (χ3n) is 2.76. The van der Waals surface area contributed by atoms with E-state index in [9.17, 15) is 0 Å². The molecule has 0 radical (unpaired) electrons. The largest absolute Gasteiger partial charge is 0.437 e. The summed E-state index contributed by atoms with van der Waals surface area (Å²) in [7, 11) is 0. The van der Waals surface area contributed by atoms with Crippen molar-refractivity contribution in [1.82, 2.24) is 10.3 Å². The first-order chi connectivity index (χ1) is 10.1. The Labute approximate surface area is 142 Å². The van der Waals surface area contributed by atoms with Crippen LogP contribution in [-0.4, -0.2) is 11.5 Å². The molecule has 0 saturated carbocycles. The van der Waals surface area contributed by atoms with Crippen LogP contribution in [0.3, 0.4) is 0 Å². The van der Waals surface area contributed by atoms with Gasteiger partial charge in [-0.1, -0.05) is 46.1 Å². The van der Waals surface area contributed by atoms with E-state index in [1.54, 1.807) is 18.3 Å². The van der Waals surface area contributed by atoms with E-state index in [2.05, 4.69) is 33.2 Å². The summed E-state index contributed by atoms with van der Waals surface area (Å²) >= 11 is 15.6. The SMILES string of the molecule is CCCNCc1cc(Oc2cc(Br)ccc2Cl)ncc1Cl. The molecule has 112 valence electrons. The lowest BCUT2D eigenvalue weighted by Gasteiger charge is -2.10. The van der Waals surface area contributed by atoms with Crippen molar-refractivity contribution in [1.29, 1.82) is 0 Å². The number of hydrogen-bond donors (Lipinski definition) is 1. The van der Waals surface area contributed by atoms with Crippen LogP contribution >= 0.6 is 39.1 Å². The van der Waals surface area contributed by atoms with Gasteiger partial charge in [0.2, 0.25) is 5.88 Å². The summed E-state index contributed by atoms with van der Waals surface area (Å²) in [6, 6.07) is 7.24. The number of rotatable bonds is 6. The molecule has 3 nitrogen and oxygen atoms in total. The molecule has 0 saturated heterocycles. The van der Waals surface area contributed by atoms with Crippen molar-refractivity contribution in [3.63, 3.8) is 0 Å². The highest BCUT2D eigenvalue weighted by Gasteiger charge is 2.08. The van der Waals surface area contributed by atoms with Crippen LogP contribution in [0.2, 0.25) is 10.0 Å². The van der Waals surface area contributed by atoms with Gasteiger partial charge in [0.25, 0.3) is 0 Å². The molecule has 0 aliphatic rings. The molecule has 1 N–H and O–H groups in total. The molecule has 0 spiro atoms. The standard InChI is InChI=1S/C15H15BrCl2N2O/c1-2-5-19-8-10-6-15(20-9-13(10)18)21-14-7-11(16)3-4-12(14)17/h3-4,6-7,9,19H,2,5,8H2,1H3. The fourth-order valence-electron chi connectivity index (χ4n) is 1.72. The Morgan fingerprint density at radius 3 is 2.81 bits per heavy atom. The number of ether oxygens (including phenoxy) is 1. The number of pyridine rings is 1. The molecular formula is C15H15BrCl2N2O. The zero-order valence-electron chi connectivity index (χ0n) is 11.5. The first kappa shape index (κ1) is 16.6. The predicted octanol–water partition coefficient (Wildman–Crippen LogP) is 5.44. The van der Waals surface area contributed by atoms with Gasteiger partial charge in [0.15, 0.2) is 0 Å². The minimum absolute atomic E-state index is 0.465. The maximum atomic E-state index is 6.14. The lowest BCUT2D eigenvalue weighted by atomic mass is 10.2. The smallest absolute Gasteiger partial charge is 0.219 e. The zero-order chi connectivity index (χ0) is 15.2. The van der Waals surface area contributed by atoms with Gasteiger partial charge in [-0.2, -0.15) is 0 Å². The van der Waals surface area contributed by atoms with Crippen molar-refractivity contribution in [2.24, 2.45) is 0 Å². The molecule has 1 aromatic carbocycles. The van der Waals surface area contributed by atoms with Crippen LogP contribution in [0.25, 0.3) is 0 Å². The summed E-state index contributed by atoms with van der Waals surface area (Å²) in [6.45, 7) is 3.73. The quantitative estimate of drug-likeness (QED) is 0.667. The minimum atomic E-state index is 0.465. The molecule has 0 aliphatic heterocycles. The van der Waals surface area contributed by atoms with E-state index in [0.29, 0.717) is 28.2 Å². The first-order valence-electron chi connectivity index (χ1n) is 6.58. The average molecular weight is 390 g/mol. The topological polar surface area (TPSA) is 34.1 Å². The van der Waals surface area contributed by atoms with Crippen molar-refractivity contribution in [3.05, 3.63) is 50.5 Å². The Morgan fingerprint density at radius 2 is 2.05 bits per heavy atom. The maximum absolute atomic E-state index is 6.14. The Kier molecular flexibility index (Phi) is 6.30. The molecule has 1 heterocycles. The van der Waals surface area contributed by atoms with E-state index in [4.69, 9.17) is 27.9 Å². The highest BCUT2D eigenvalue weighted by molar-refractivity contribution is 9.10. The Bertz CT molecular complexity index is 623.